The van der Waals surface area contributed by atoms with Gasteiger partial charge in [0.15, 0.2) is 0 Å². The maximum atomic E-state index is 12.3. The average Bonchev–Trinajstić information content (AvgIpc) is 2.69. The van der Waals surface area contributed by atoms with Crippen LogP contribution in [0.5, 0.6) is 0 Å². The number of nitrogens with one attached hydrogen (secondary N) is 1. The quantitative estimate of drug-likeness (QED) is 0.791. The third-order valence-electron chi connectivity index (χ3n) is 5.21. The lowest BCUT2D eigenvalue weighted by molar-refractivity contribution is 0.180. The molecule has 1 aromatic heterocycles. The molecule has 0 aliphatic carbocycles. The molecule has 1 saturated heterocycles. The average molecular weight is 412 g/mol. The molecule has 2 aromatic rings. The first kappa shape index (κ1) is 22.0. The molecule has 30 heavy (non-hydrogen) atoms. The third-order valence-corrected chi connectivity index (χ3v) is 5.21. The summed E-state index contributed by atoms with van der Waals surface area (Å²) in [7, 11) is 1.69. The molecule has 7 nitrogen and oxygen atoms in total. The lowest BCUT2D eigenvalue weighted by Gasteiger charge is -2.37. The van der Waals surface area contributed by atoms with Crippen LogP contribution >= 0.6 is 0 Å². The van der Waals surface area contributed by atoms with Crippen molar-refractivity contribution in [2.24, 2.45) is 0 Å². The highest BCUT2D eigenvalue weighted by atomic mass is 16.5. The van der Waals surface area contributed by atoms with Crippen molar-refractivity contribution in [3.8, 4) is 0 Å². The number of ether oxygens (including phenoxy) is 1. The number of piperazine rings is 1. The predicted octanol–water partition coefficient (Wildman–Crippen LogP) is 3.07. The number of aryl methyl sites for hydroxylation is 2. The highest BCUT2D eigenvalue weighted by Gasteiger charge is 2.25. The minimum Gasteiger partial charge on any atom is -0.378 e. The molecule has 0 bridgehead atoms. The van der Waals surface area contributed by atoms with Crippen LogP contribution in [0.4, 0.5) is 10.6 Å². The number of hydrogen-bond acceptors (Lipinski definition) is 5. The number of urea groups is 1. The Hall–Kier alpha value is -2.67. The highest BCUT2D eigenvalue weighted by Crippen LogP contribution is 2.26. The Kier molecular flexibility index (Phi) is 7.26. The van der Waals surface area contributed by atoms with Gasteiger partial charge in [0.2, 0.25) is 0 Å². The lowest BCUT2D eigenvalue weighted by Crippen LogP contribution is -2.53. The van der Waals surface area contributed by atoms with Crippen LogP contribution in [0.1, 0.15) is 42.1 Å². The number of amides is 2. The minimum atomic E-state index is 0.00331. The van der Waals surface area contributed by atoms with Gasteiger partial charge in [0.05, 0.1) is 12.3 Å². The van der Waals surface area contributed by atoms with E-state index in [1.54, 1.807) is 7.11 Å². The summed E-state index contributed by atoms with van der Waals surface area (Å²) in [6.45, 7) is 11.3. The van der Waals surface area contributed by atoms with Gasteiger partial charge in [0, 0.05) is 51.3 Å². The molecule has 1 aromatic carbocycles. The molecular formula is C23H33N5O2. The van der Waals surface area contributed by atoms with E-state index in [2.05, 4.69) is 46.4 Å². The van der Waals surface area contributed by atoms with E-state index in [-0.39, 0.29) is 12.1 Å². The molecule has 2 heterocycles. The summed E-state index contributed by atoms with van der Waals surface area (Å²) in [6.07, 6.45) is 0.754. The summed E-state index contributed by atoms with van der Waals surface area (Å²) in [5.74, 6) is 1.70. The molecule has 0 atom stereocenters. The second-order valence-corrected chi connectivity index (χ2v) is 8.20. The molecule has 1 fully saturated rings. The molecule has 1 aliphatic heterocycles. The van der Waals surface area contributed by atoms with Crippen LogP contribution < -0.4 is 10.2 Å². The second kappa shape index (κ2) is 9.89. The Balaban J connectivity index is 1.86. The van der Waals surface area contributed by atoms with Gasteiger partial charge in [0.1, 0.15) is 11.6 Å². The number of rotatable bonds is 6. The van der Waals surface area contributed by atoms with Crippen LogP contribution in [0.25, 0.3) is 0 Å². The van der Waals surface area contributed by atoms with Crippen molar-refractivity contribution in [1.82, 2.24) is 20.2 Å². The number of carbonyl (C=O) groups excluding carboxylic acids is 1. The van der Waals surface area contributed by atoms with Crippen molar-refractivity contribution in [3.63, 3.8) is 0 Å². The zero-order valence-corrected chi connectivity index (χ0v) is 18.7. The normalized spacial score (nSPS) is 14.3. The molecule has 0 spiro atoms. The fourth-order valence-electron chi connectivity index (χ4n) is 3.82. The minimum absolute atomic E-state index is 0.00331. The fraction of sp³-hybridized carbons (Fsp3) is 0.522. The van der Waals surface area contributed by atoms with Crippen molar-refractivity contribution in [2.75, 3.05) is 38.2 Å². The van der Waals surface area contributed by atoms with E-state index in [1.807, 2.05) is 25.7 Å². The van der Waals surface area contributed by atoms with E-state index in [4.69, 9.17) is 9.72 Å². The van der Waals surface area contributed by atoms with Gasteiger partial charge >= 0.3 is 6.03 Å². The van der Waals surface area contributed by atoms with Crippen LogP contribution in [-0.4, -0.2) is 60.2 Å². The first-order valence-electron chi connectivity index (χ1n) is 10.6. The zero-order chi connectivity index (χ0) is 21.7. The van der Waals surface area contributed by atoms with Crippen molar-refractivity contribution in [3.05, 3.63) is 52.5 Å². The first-order chi connectivity index (χ1) is 14.4. The fourth-order valence-corrected chi connectivity index (χ4v) is 3.82. The predicted molar refractivity (Wildman–Crippen MR) is 119 cm³/mol. The first-order valence-corrected chi connectivity index (χ1v) is 10.6. The Morgan fingerprint density at radius 2 is 1.90 bits per heavy atom. The Bertz CT molecular complexity index is 876. The molecule has 1 N–H and O–H groups in total. The standard InChI is InChI=1S/C23H33N5O2/c1-16(2)24-23(29)28-11-9-27(10-12-28)22-20(14-19-8-6-7-17(3)13-19)21(15-30-5)25-18(4)26-22/h6-8,13,16H,9-12,14-15H2,1-5H3,(H,24,29). The third kappa shape index (κ3) is 5.48. The highest BCUT2D eigenvalue weighted by molar-refractivity contribution is 5.74. The summed E-state index contributed by atoms with van der Waals surface area (Å²) in [5, 5.41) is 2.98. The summed E-state index contributed by atoms with van der Waals surface area (Å²) >= 11 is 0. The number of methoxy groups -OCH3 is 1. The molecule has 162 valence electrons. The van der Waals surface area contributed by atoms with Crippen molar-refractivity contribution >= 4 is 11.8 Å². The van der Waals surface area contributed by atoms with Crippen LogP contribution in [-0.2, 0) is 17.8 Å². The van der Waals surface area contributed by atoms with E-state index in [0.29, 0.717) is 19.7 Å². The lowest BCUT2D eigenvalue weighted by atomic mass is 10.0. The van der Waals surface area contributed by atoms with Gasteiger partial charge in [0.25, 0.3) is 0 Å². The van der Waals surface area contributed by atoms with Gasteiger partial charge in [-0.25, -0.2) is 14.8 Å². The van der Waals surface area contributed by atoms with E-state index in [1.165, 1.54) is 11.1 Å². The molecule has 2 amide bonds. The molecule has 0 radical (unpaired) electrons. The van der Waals surface area contributed by atoms with Crippen LogP contribution in [0.3, 0.4) is 0 Å². The second-order valence-electron chi connectivity index (χ2n) is 8.20. The maximum Gasteiger partial charge on any atom is 0.317 e. The number of hydrogen-bond donors (Lipinski definition) is 1. The van der Waals surface area contributed by atoms with E-state index in [9.17, 15) is 4.79 Å². The number of benzene rings is 1. The number of anilines is 1. The van der Waals surface area contributed by atoms with Crippen LogP contribution in [0, 0.1) is 13.8 Å². The van der Waals surface area contributed by atoms with Gasteiger partial charge in [-0.2, -0.15) is 0 Å². The number of carbonyl (C=O) groups is 1. The van der Waals surface area contributed by atoms with E-state index >= 15 is 0 Å². The largest absolute Gasteiger partial charge is 0.378 e. The van der Waals surface area contributed by atoms with Crippen LogP contribution in [0.2, 0.25) is 0 Å². The summed E-state index contributed by atoms with van der Waals surface area (Å²) in [4.78, 5) is 26.0. The molecule has 1 aliphatic rings. The number of aromatic nitrogens is 2. The van der Waals surface area contributed by atoms with Crippen LogP contribution in [0.15, 0.2) is 24.3 Å². The SMILES string of the molecule is COCc1nc(C)nc(N2CCN(C(=O)NC(C)C)CC2)c1Cc1cccc(C)c1. The van der Waals surface area contributed by atoms with Crippen molar-refractivity contribution in [2.45, 2.75) is 46.8 Å². The van der Waals surface area contributed by atoms with Gasteiger partial charge in [-0.3, -0.25) is 0 Å². The summed E-state index contributed by atoms with van der Waals surface area (Å²) < 4.78 is 5.44. The Labute approximate surface area is 179 Å². The van der Waals surface area contributed by atoms with Crippen molar-refractivity contribution < 1.29 is 9.53 Å². The molecule has 7 heteroatoms. The topological polar surface area (TPSA) is 70.6 Å². The molecular weight excluding hydrogens is 378 g/mol. The van der Waals surface area contributed by atoms with Gasteiger partial charge in [-0.1, -0.05) is 29.8 Å². The Morgan fingerprint density at radius 1 is 1.17 bits per heavy atom. The van der Waals surface area contributed by atoms with E-state index < -0.39 is 0 Å². The van der Waals surface area contributed by atoms with Gasteiger partial charge in [-0.05, 0) is 33.3 Å². The summed E-state index contributed by atoms with van der Waals surface area (Å²) in [5.41, 5.74) is 4.51. The monoisotopic (exact) mass is 411 g/mol. The van der Waals surface area contributed by atoms with Gasteiger partial charge < -0.3 is 19.9 Å². The molecule has 0 unspecified atom stereocenters. The number of nitrogens with zero attached hydrogens (tertiary/aromatic N) is 4. The molecule has 0 saturated carbocycles. The summed E-state index contributed by atoms with van der Waals surface area (Å²) in [6, 6.07) is 8.67. The Morgan fingerprint density at radius 3 is 2.53 bits per heavy atom. The van der Waals surface area contributed by atoms with Crippen molar-refractivity contribution in [1.29, 1.82) is 0 Å². The molecule has 3 rings (SSSR count). The van der Waals surface area contributed by atoms with Gasteiger partial charge in [-0.15, -0.1) is 0 Å². The zero-order valence-electron chi connectivity index (χ0n) is 18.7. The maximum absolute atomic E-state index is 12.3. The smallest absolute Gasteiger partial charge is 0.317 e. The van der Waals surface area contributed by atoms with E-state index in [0.717, 1.165) is 42.4 Å².